The van der Waals surface area contributed by atoms with Gasteiger partial charge >= 0.3 is 12.3 Å². The number of hydrogen-bond acceptors (Lipinski definition) is 6. The molecule has 0 aliphatic heterocycles. The summed E-state index contributed by atoms with van der Waals surface area (Å²) in [7, 11) is 0. The molecular formula is C16H16O8. The van der Waals surface area contributed by atoms with Crippen LogP contribution in [0.3, 0.4) is 0 Å². The predicted octanol–water partition coefficient (Wildman–Crippen LogP) is 2.67. The molecule has 2 N–H and O–H groups in total. The number of ether oxygens (including phenoxy) is 2. The van der Waals surface area contributed by atoms with Crippen LogP contribution in [-0.4, -0.2) is 34.1 Å². The number of hydrogen-bond donors (Lipinski definition) is 2. The number of carbonyl (C=O) groups is 4. The van der Waals surface area contributed by atoms with E-state index in [1.165, 1.54) is 18.2 Å². The van der Waals surface area contributed by atoms with Crippen LogP contribution in [0.4, 0.5) is 9.59 Å². The van der Waals surface area contributed by atoms with E-state index in [2.05, 4.69) is 9.47 Å². The second kappa shape index (κ2) is 7.58. The fraction of sp³-hybridized carbons (Fsp3) is 0.375. The Labute approximate surface area is 137 Å². The first kappa shape index (κ1) is 17.5. The lowest BCUT2D eigenvalue weighted by Gasteiger charge is -2.11. The number of Topliss-reactive ketones (excluding diaryl/α,β-unsaturated/α-hetero) is 2. The van der Waals surface area contributed by atoms with Gasteiger partial charge in [-0.05, 0) is 43.0 Å². The van der Waals surface area contributed by atoms with Crippen LogP contribution < -0.4 is 9.47 Å². The van der Waals surface area contributed by atoms with Gasteiger partial charge in [0, 0.05) is 12.8 Å². The average molecular weight is 336 g/mol. The first-order valence-corrected chi connectivity index (χ1v) is 7.36. The third-order valence-electron chi connectivity index (χ3n) is 3.77. The highest BCUT2D eigenvalue weighted by atomic mass is 16.7. The van der Waals surface area contributed by atoms with Gasteiger partial charge in [0.05, 0.1) is 5.92 Å². The second-order valence-corrected chi connectivity index (χ2v) is 5.38. The van der Waals surface area contributed by atoms with Gasteiger partial charge in [0.1, 0.15) is 23.1 Å². The molecule has 0 aromatic heterocycles. The lowest BCUT2D eigenvalue weighted by Crippen LogP contribution is -2.19. The Kier molecular flexibility index (Phi) is 5.51. The molecule has 1 aromatic carbocycles. The summed E-state index contributed by atoms with van der Waals surface area (Å²) in [6.07, 6.45) is -1.25. The van der Waals surface area contributed by atoms with Crippen LogP contribution in [0.1, 0.15) is 31.2 Å². The molecule has 1 aliphatic rings. The molecule has 0 spiro atoms. The molecule has 24 heavy (non-hydrogen) atoms. The van der Waals surface area contributed by atoms with E-state index in [4.69, 9.17) is 10.2 Å². The van der Waals surface area contributed by atoms with Crippen molar-refractivity contribution in [3.05, 3.63) is 23.8 Å². The van der Waals surface area contributed by atoms with Gasteiger partial charge in [-0.25, -0.2) is 9.59 Å². The Morgan fingerprint density at radius 1 is 1.12 bits per heavy atom. The van der Waals surface area contributed by atoms with Crippen molar-refractivity contribution in [2.75, 3.05) is 0 Å². The Hall–Kier alpha value is -2.90. The zero-order chi connectivity index (χ0) is 17.7. The topological polar surface area (TPSA) is 127 Å². The number of rotatable bonds is 6. The van der Waals surface area contributed by atoms with Crippen LogP contribution in [0.25, 0.3) is 0 Å². The number of carboxylic acid groups (broad SMARTS) is 2. The van der Waals surface area contributed by atoms with Crippen molar-refractivity contribution in [3.63, 3.8) is 0 Å². The second-order valence-electron chi connectivity index (χ2n) is 5.38. The molecule has 1 unspecified atom stereocenters. The van der Waals surface area contributed by atoms with Gasteiger partial charge in [-0.1, -0.05) is 0 Å². The summed E-state index contributed by atoms with van der Waals surface area (Å²) < 4.78 is 9.13. The molecule has 2 rings (SSSR count). The molecule has 1 saturated carbocycles. The summed E-state index contributed by atoms with van der Waals surface area (Å²) in [4.78, 5) is 45.0. The van der Waals surface area contributed by atoms with Gasteiger partial charge in [-0.2, -0.15) is 0 Å². The lowest BCUT2D eigenvalue weighted by atomic mass is 9.96. The molecule has 0 bridgehead atoms. The van der Waals surface area contributed by atoms with Crippen LogP contribution >= 0.6 is 0 Å². The highest BCUT2D eigenvalue weighted by molar-refractivity contribution is 6.03. The smallest absolute Gasteiger partial charge is 0.449 e. The highest BCUT2D eigenvalue weighted by Gasteiger charge is 2.30. The van der Waals surface area contributed by atoms with Gasteiger partial charge in [0.15, 0.2) is 0 Å². The van der Waals surface area contributed by atoms with E-state index in [-0.39, 0.29) is 35.9 Å². The van der Waals surface area contributed by atoms with Gasteiger partial charge in [-0.3, -0.25) is 9.59 Å². The summed E-state index contributed by atoms with van der Waals surface area (Å²) in [5, 5.41) is 17.4. The van der Waals surface area contributed by atoms with Gasteiger partial charge in [-0.15, -0.1) is 0 Å². The van der Waals surface area contributed by atoms with Crippen molar-refractivity contribution in [2.24, 2.45) is 5.92 Å². The molecule has 0 heterocycles. The standard InChI is InChI=1S/C16H16O8/c17-12-3-1-2-11(12)13(18)6-4-9-8-10(23-15(19)20)5-7-14(9)24-16(21)22/h5,7-8,11H,1-4,6H2,(H,19,20)(H,21,22). The summed E-state index contributed by atoms with van der Waals surface area (Å²) >= 11 is 0. The zero-order valence-corrected chi connectivity index (χ0v) is 12.7. The summed E-state index contributed by atoms with van der Waals surface area (Å²) in [6, 6.07) is 3.81. The van der Waals surface area contributed by atoms with Gasteiger partial charge in [0.2, 0.25) is 0 Å². The molecule has 1 aromatic rings. The predicted molar refractivity (Wildman–Crippen MR) is 79.4 cm³/mol. The number of carbonyl (C=O) groups excluding carboxylic acids is 2. The van der Waals surface area contributed by atoms with E-state index < -0.39 is 18.2 Å². The van der Waals surface area contributed by atoms with Crippen molar-refractivity contribution >= 4 is 23.9 Å². The summed E-state index contributed by atoms with van der Waals surface area (Å²) in [5.41, 5.74) is 0.315. The minimum atomic E-state index is -1.53. The highest BCUT2D eigenvalue weighted by Crippen LogP contribution is 2.28. The van der Waals surface area contributed by atoms with E-state index in [1.807, 2.05) is 0 Å². The Morgan fingerprint density at radius 3 is 2.42 bits per heavy atom. The number of benzene rings is 1. The monoisotopic (exact) mass is 336 g/mol. The Balaban J connectivity index is 2.12. The molecule has 0 saturated heterocycles. The summed E-state index contributed by atoms with van der Waals surface area (Å²) in [5.74, 6) is -0.883. The molecule has 0 amide bonds. The number of ketones is 2. The van der Waals surface area contributed by atoms with Crippen LogP contribution in [0.2, 0.25) is 0 Å². The van der Waals surface area contributed by atoms with Crippen molar-refractivity contribution in [2.45, 2.75) is 32.1 Å². The lowest BCUT2D eigenvalue weighted by molar-refractivity contribution is -0.130. The largest absolute Gasteiger partial charge is 0.511 e. The maximum atomic E-state index is 12.1. The first-order valence-electron chi connectivity index (χ1n) is 7.36. The molecular weight excluding hydrogens is 320 g/mol. The van der Waals surface area contributed by atoms with Crippen LogP contribution in [0, 0.1) is 5.92 Å². The van der Waals surface area contributed by atoms with Crippen molar-refractivity contribution in [3.8, 4) is 11.5 Å². The quantitative estimate of drug-likeness (QED) is 0.461. The molecule has 128 valence electrons. The van der Waals surface area contributed by atoms with Crippen molar-refractivity contribution in [1.29, 1.82) is 0 Å². The molecule has 1 aliphatic carbocycles. The molecule has 1 fully saturated rings. The minimum Gasteiger partial charge on any atom is -0.449 e. The molecule has 8 nitrogen and oxygen atoms in total. The number of aryl methyl sites for hydroxylation is 1. The van der Waals surface area contributed by atoms with E-state index in [0.29, 0.717) is 24.8 Å². The maximum Gasteiger partial charge on any atom is 0.511 e. The fourth-order valence-electron chi connectivity index (χ4n) is 2.70. The maximum absolute atomic E-state index is 12.1. The minimum absolute atomic E-state index is 0.00853. The average Bonchev–Trinajstić information content (AvgIpc) is 2.92. The molecule has 0 radical (unpaired) electrons. The van der Waals surface area contributed by atoms with Gasteiger partial charge < -0.3 is 19.7 Å². The third kappa shape index (κ3) is 4.55. The van der Waals surface area contributed by atoms with Crippen molar-refractivity contribution in [1.82, 2.24) is 0 Å². The zero-order valence-electron chi connectivity index (χ0n) is 12.7. The van der Waals surface area contributed by atoms with Crippen LogP contribution in [0.15, 0.2) is 18.2 Å². The first-order chi connectivity index (χ1) is 11.4. The van der Waals surface area contributed by atoms with E-state index in [0.717, 1.165) is 0 Å². The molecule has 1 atom stereocenters. The van der Waals surface area contributed by atoms with E-state index in [1.54, 1.807) is 0 Å². The molecule has 8 heteroatoms. The summed E-state index contributed by atoms with van der Waals surface area (Å²) in [6.45, 7) is 0. The Bertz CT molecular complexity index is 679. The van der Waals surface area contributed by atoms with Crippen LogP contribution in [-0.2, 0) is 16.0 Å². The third-order valence-corrected chi connectivity index (χ3v) is 3.77. The van der Waals surface area contributed by atoms with Gasteiger partial charge in [0.25, 0.3) is 0 Å². The van der Waals surface area contributed by atoms with Crippen LogP contribution in [0.5, 0.6) is 11.5 Å². The SMILES string of the molecule is O=C(O)Oc1ccc(OC(=O)O)c(CCC(=O)C2CCCC2=O)c1. The normalized spacial score (nSPS) is 16.7. The Morgan fingerprint density at radius 2 is 1.83 bits per heavy atom. The van der Waals surface area contributed by atoms with E-state index in [9.17, 15) is 19.2 Å². The fourth-order valence-corrected chi connectivity index (χ4v) is 2.70. The van der Waals surface area contributed by atoms with Crippen molar-refractivity contribution < 1.29 is 38.9 Å². The van der Waals surface area contributed by atoms with E-state index >= 15 is 0 Å².